The zero-order valence-electron chi connectivity index (χ0n) is 16.0. The number of ether oxygens (including phenoxy) is 1. The standard InChI is InChI=1S/C22H24FNO4/c1-14-3-4-15(2)20(9-14)28-13-19(25)12-24-21(26)11-17(22(24)27)10-16-5-7-18(23)8-6-16/h3-9,17,19,25H,10-13H2,1-2H3. The molecule has 2 amide bonds. The summed E-state index contributed by atoms with van der Waals surface area (Å²) >= 11 is 0. The van der Waals surface area contributed by atoms with Crippen molar-refractivity contribution in [1.82, 2.24) is 4.90 Å². The minimum atomic E-state index is -0.975. The fourth-order valence-electron chi connectivity index (χ4n) is 3.32. The van der Waals surface area contributed by atoms with E-state index in [0.717, 1.165) is 21.6 Å². The van der Waals surface area contributed by atoms with Crippen molar-refractivity contribution in [2.75, 3.05) is 13.2 Å². The van der Waals surface area contributed by atoms with E-state index in [4.69, 9.17) is 4.74 Å². The normalized spacial score (nSPS) is 17.9. The van der Waals surface area contributed by atoms with Gasteiger partial charge in [-0.05, 0) is 55.2 Å². The van der Waals surface area contributed by atoms with Crippen LogP contribution in [0.4, 0.5) is 4.39 Å². The molecule has 0 aliphatic carbocycles. The number of hydrogen-bond donors (Lipinski definition) is 1. The number of amides is 2. The van der Waals surface area contributed by atoms with Gasteiger partial charge in [-0.3, -0.25) is 14.5 Å². The molecule has 3 rings (SSSR count). The third kappa shape index (κ3) is 4.75. The number of carbonyl (C=O) groups excluding carboxylic acids is 2. The Morgan fingerprint density at radius 1 is 1.18 bits per heavy atom. The van der Waals surface area contributed by atoms with E-state index < -0.39 is 12.0 Å². The molecule has 28 heavy (non-hydrogen) atoms. The van der Waals surface area contributed by atoms with Crippen LogP contribution in [0.5, 0.6) is 5.75 Å². The van der Waals surface area contributed by atoms with E-state index in [1.54, 1.807) is 12.1 Å². The minimum Gasteiger partial charge on any atom is -0.491 e. The van der Waals surface area contributed by atoms with Crippen molar-refractivity contribution in [3.8, 4) is 5.75 Å². The van der Waals surface area contributed by atoms with Crippen LogP contribution in [0.2, 0.25) is 0 Å². The molecule has 0 saturated carbocycles. The van der Waals surface area contributed by atoms with E-state index in [-0.39, 0.29) is 37.2 Å². The Bertz CT molecular complexity index is 865. The van der Waals surface area contributed by atoms with Crippen molar-refractivity contribution in [3.63, 3.8) is 0 Å². The van der Waals surface area contributed by atoms with E-state index in [0.29, 0.717) is 12.2 Å². The fraction of sp³-hybridized carbons (Fsp3) is 0.364. The average Bonchev–Trinajstić information content (AvgIpc) is 2.92. The lowest BCUT2D eigenvalue weighted by Gasteiger charge is -2.20. The Morgan fingerprint density at radius 3 is 2.61 bits per heavy atom. The third-order valence-corrected chi connectivity index (χ3v) is 4.90. The molecular weight excluding hydrogens is 361 g/mol. The predicted octanol–water partition coefficient (Wildman–Crippen LogP) is 2.80. The summed E-state index contributed by atoms with van der Waals surface area (Å²) in [7, 11) is 0. The smallest absolute Gasteiger partial charge is 0.233 e. The number of rotatable bonds is 7. The highest BCUT2D eigenvalue weighted by molar-refractivity contribution is 6.03. The van der Waals surface area contributed by atoms with Gasteiger partial charge in [0.2, 0.25) is 11.8 Å². The Hall–Kier alpha value is -2.73. The number of hydrogen-bond acceptors (Lipinski definition) is 4. The molecule has 6 heteroatoms. The second-order valence-electron chi connectivity index (χ2n) is 7.31. The zero-order valence-corrected chi connectivity index (χ0v) is 16.0. The van der Waals surface area contributed by atoms with Crippen molar-refractivity contribution in [2.45, 2.75) is 32.8 Å². The van der Waals surface area contributed by atoms with Gasteiger partial charge in [-0.2, -0.15) is 0 Å². The van der Waals surface area contributed by atoms with E-state index in [2.05, 4.69) is 0 Å². The van der Waals surface area contributed by atoms with Crippen LogP contribution in [-0.4, -0.2) is 41.1 Å². The van der Waals surface area contributed by atoms with Gasteiger partial charge in [0.1, 0.15) is 24.3 Å². The van der Waals surface area contributed by atoms with E-state index in [1.165, 1.54) is 12.1 Å². The first-order valence-electron chi connectivity index (χ1n) is 9.30. The van der Waals surface area contributed by atoms with Crippen LogP contribution in [0.1, 0.15) is 23.1 Å². The molecule has 148 valence electrons. The number of imide groups is 1. The van der Waals surface area contributed by atoms with Crippen LogP contribution in [0.3, 0.4) is 0 Å². The minimum absolute atomic E-state index is 0.00994. The lowest BCUT2D eigenvalue weighted by molar-refractivity contribution is -0.141. The van der Waals surface area contributed by atoms with Crippen molar-refractivity contribution in [2.24, 2.45) is 5.92 Å². The summed E-state index contributed by atoms with van der Waals surface area (Å²) in [5.74, 6) is -0.758. The highest BCUT2D eigenvalue weighted by Gasteiger charge is 2.39. The molecule has 0 radical (unpaired) electrons. The average molecular weight is 385 g/mol. The first-order valence-corrected chi connectivity index (χ1v) is 9.30. The summed E-state index contributed by atoms with van der Waals surface area (Å²) in [6.07, 6.45) is -0.505. The van der Waals surface area contributed by atoms with Crippen LogP contribution in [-0.2, 0) is 16.0 Å². The maximum atomic E-state index is 13.0. The number of aliphatic hydroxyl groups excluding tert-OH is 1. The number of halogens is 1. The second kappa shape index (κ2) is 8.52. The maximum absolute atomic E-state index is 13.0. The highest BCUT2D eigenvalue weighted by atomic mass is 19.1. The highest BCUT2D eigenvalue weighted by Crippen LogP contribution is 2.24. The summed E-state index contributed by atoms with van der Waals surface area (Å²) < 4.78 is 18.7. The molecule has 0 bridgehead atoms. The maximum Gasteiger partial charge on any atom is 0.233 e. The summed E-state index contributed by atoms with van der Waals surface area (Å²) in [4.78, 5) is 25.9. The van der Waals surface area contributed by atoms with E-state index >= 15 is 0 Å². The molecule has 1 fully saturated rings. The molecule has 0 spiro atoms. The molecule has 1 saturated heterocycles. The number of nitrogens with zero attached hydrogens (tertiary/aromatic N) is 1. The summed E-state index contributed by atoms with van der Waals surface area (Å²) in [6.45, 7) is 3.76. The number of aliphatic hydroxyl groups is 1. The fourth-order valence-corrected chi connectivity index (χ4v) is 3.32. The quantitative estimate of drug-likeness (QED) is 0.745. The number of aryl methyl sites for hydroxylation is 2. The molecular formula is C22H24FNO4. The van der Waals surface area contributed by atoms with Crippen molar-refractivity contribution in [3.05, 3.63) is 65.0 Å². The van der Waals surface area contributed by atoms with E-state index in [9.17, 15) is 19.1 Å². The van der Waals surface area contributed by atoms with Gasteiger partial charge in [-0.25, -0.2) is 4.39 Å². The molecule has 1 aliphatic rings. The van der Waals surface area contributed by atoms with Gasteiger partial charge in [0.05, 0.1) is 12.5 Å². The zero-order chi connectivity index (χ0) is 20.3. The Labute approximate surface area is 163 Å². The van der Waals surface area contributed by atoms with Crippen LogP contribution < -0.4 is 4.74 Å². The topological polar surface area (TPSA) is 66.8 Å². The first kappa shape index (κ1) is 20.0. The second-order valence-corrected chi connectivity index (χ2v) is 7.31. The number of likely N-dealkylation sites (tertiary alicyclic amines) is 1. The van der Waals surface area contributed by atoms with Crippen molar-refractivity contribution < 1.29 is 23.8 Å². The van der Waals surface area contributed by atoms with Gasteiger partial charge in [0.15, 0.2) is 0 Å². The summed E-state index contributed by atoms with van der Waals surface area (Å²) in [5.41, 5.74) is 2.79. The lowest BCUT2D eigenvalue weighted by Crippen LogP contribution is -2.39. The van der Waals surface area contributed by atoms with Gasteiger partial charge < -0.3 is 9.84 Å². The SMILES string of the molecule is Cc1ccc(C)c(OCC(O)CN2C(=O)CC(Cc3ccc(F)cc3)C2=O)c1. The van der Waals surface area contributed by atoms with Gasteiger partial charge in [-0.1, -0.05) is 24.3 Å². The molecule has 2 unspecified atom stereocenters. The Morgan fingerprint density at radius 2 is 1.89 bits per heavy atom. The van der Waals surface area contributed by atoms with Crippen LogP contribution >= 0.6 is 0 Å². The summed E-state index contributed by atoms with van der Waals surface area (Å²) in [5, 5.41) is 10.3. The lowest BCUT2D eigenvalue weighted by atomic mass is 9.98. The first-order chi connectivity index (χ1) is 13.3. The number of β-amino-alcohol motifs (C(OH)–C–C–N with tert-alkyl or cyclic N) is 1. The Balaban J connectivity index is 1.56. The van der Waals surface area contributed by atoms with Gasteiger partial charge in [0, 0.05) is 6.42 Å². The molecule has 1 aliphatic heterocycles. The van der Waals surface area contributed by atoms with E-state index in [1.807, 2.05) is 32.0 Å². The molecule has 2 aromatic carbocycles. The molecule has 5 nitrogen and oxygen atoms in total. The van der Waals surface area contributed by atoms with Crippen LogP contribution in [0.15, 0.2) is 42.5 Å². The monoisotopic (exact) mass is 385 g/mol. The number of carbonyl (C=O) groups is 2. The van der Waals surface area contributed by atoms with Crippen molar-refractivity contribution >= 4 is 11.8 Å². The molecule has 0 aromatic heterocycles. The van der Waals surface area contributed by atoms with Crippen LogP contribution in [0.25, 0.3) is 0 Å². The van der Waals surface area contributed by atoms with Crippen molar-refractivity contribution in [1.29, 1.82) is 0 Å². The summed E-state index contributed by atoms with van der Waals surface area (Å²) in [6, 6.07) is 11.7. The predicted molar refractivity (Wildman–Crippen MR) is 102 cm³/mol. The van der Waals surface area contributed by atoms with Gasteiger partial charge in [-0.15, -0.1) is 0 Å². The molecule has 2 aromatic rings. The molecule has 2 atom stereocenters. The van der Waals surface area contributed by atoms with Crippen LogP contribution in [0, 0.1) is 25.6 Å². The van der Waals surface area contributed by atoms with Gasteiger partial charge >= 0.3 is 0 Å². The largest absolute Gasteiger partial charge is 0.491 e. The number of benzene rings is 2. The third-order valence-electron chi connectivity index (χ3n) is 4.90. The molecule has 1 heterocycles. The molecule has 1 N–H and O–H groups in total. The Kier molecular flexibility index (Phi) is 6.09. The van der Waals surface area contributed by atoms with Gasteiger partial charge in [0.25, 0.3) is 0 Å².